The highest BCUT2D eigenvalue weighted by atomic mass is 16.2. The van der Waals surface area contributed by atoms with Crippen LogP contribution in [0.5, 0.6) is 0 Å². The van der Waals surface area contributed by atoms with Crippen LogP contribution in [-0.2, 0) is 0 Å². The van der Waals surface area contributed by atoms with Gasteiger partial charge in [-0.05, 0) is 71.0 Å². The number of nitrogens with zero attached hydrogens (tertiary/aromatic N) is 4. The molecule has 0 aliphatic carbocycles. The maximum atomic E-state index is 13.6. The molecular weight excluding hydrogens is 548 g/mol. The lowest BCUT2D eigenvalue weighted by Crippen LogP contribution is -2.32. The molecule has 0 radical (unpaired) electrons. The van der Waals surface area contributed by atoms with Gasteiger partial charge in [-0.1, -0.05) is 66.7 Å². The van der Waals surface area contributed by atoms with Gasteiger partial charge in [0.25, 0.3) is 11.8 Å². The lowest BCUT2D eigenvalue weighted by molar-refractivity contribution is 0.0941. The molecule has 2 aromatic heterocycles. The van der Waals surface area contributed by atoms with Crippen molar-refractivity contribution in [2.75, 3.05) is 54.4 Å². The average molecular weight is 591 g/mol. The van der Waals surface area contributed by atoms with Crippen LogP contribution in [0, 0.1) is 13.8 Å². The molecule has 0 spiro atoms. The summed E-state index contributed by atoms with van der Waals surface area (Å²) in [6, 6.07) is 28.6. The van der Waals surface area contributed by atoms with Crippen LogP contribution in [0.25, 0.3) is 33.3 Å². The molecule has 0 saturated carbocycles. The van der Waals surface area contributed by atoms with E-state index in [4.69, 9.17) is 0 Å². The Morgan fingerprint density at radius 3 is 1.59 bits per heavy atom. The van der Waals surface area contributed by atoms with E-state index in [1.807, 2.05) is 106 Å². The second kappa shape index (κ2) is 13.3. The van der Waals surface area contributed by atoms with Gasteiger partial charge in [0.15, 0.2) is 0 Å². The Labute approximate surface area is 259 Å². The van der Waals surface area contributed by atoms with Crippen molar-refractivity contribution in [1.82, 2.24) is 29.8 Å². The van der Waals surface area contributed by atoms with Crippen molar-refractivity contribution in [2.24, 2.45) is 0 Å². The van der Waals surface area contributed by atoms with Gasteiger partial charge in [0.2, 0.25) is 0 Å². The topological polar surface area (TPSA) is 74.5 Å². The number of nitrogens with one attached hydrogen (secondary N) is 2. The van der Waals surface area contributed by atoms with Crippen LogP contribution >= 0.6 is 0 Å². The normalized spacial score (nSPS) is 11.5. The standard InChI is InChI=1S/C36H42N6O2/c1-25-31(35(43)37-18-20-39(3)4)23-33(28-13-8-7-9-14-28)41(25)42-26(2)32(36(44)38-19-21-40(5)6)24-34(42)30-17-16-27-12-10-11-15-29(27)22-30/h7-17,22-24H,18-21H2,1-6H3,(H,37,43)(H,38,44). The number of hydrogen-bond acceptors (Lipinski definition) is 4. The van der Waals surface area contributed by atoms with Crippen LogP contribution in [0.3, 0.4) is 0 Å². The molecule has 0 atom stereocenters. The number of likely N-dealkylation sites (N-methyl/N-ethyl adjacent to an activating group) is 2. The monoisotopic (exact) mass is 590 g/mol. The molecule has 0 aliphatic heterocycles. The zero-order chi connectivity index (χ0) is 31.4. The van der Waals surface area contributed by atoms with E-state index in [-0.39, 0.29) is 11.8 Å². The molecule has 2 N–H and O–H groups in total. The third kappa shape index (κ3) is 6.46. The molecular formula is C36H42N6O2. The molecule has 2 heterocycles. The van der Waals surface area contributed by atoms with E-state index in [0.717, 1.165) is 57.8 Å². The highest BCUT2D eigenvalue weighted by Crippen LogP contribution is 2.34. The van der Waals surface area contributed by atoms with Crippen molar-refractivity contribution in [1.29, 1.82) is 0 Å². The number of aromatic nitrogens is 2. The van der Waals surface area contributed by atoms with E-state index < -0.39 is 0 Å². The lowest BCUT2D eigenvalue weighted by atomic mass is 10.0. The number of amides is 2. The van der Waals surface area contributed by atoms with Crippen molar-refractivity contribution in [3.63, 3.8) is 0 Å². The number of hydrogen-bond donors (Lipinski definition) is 2. The fourth-order valence-electron chi connectivity index (χ4n) is 5.51. The number of carbonyl (C=O) groups is 2. The molecule has 0 fully saturated rings. The summed E-state index contributed by atoms with van der Waals surface area (Å²) < 4.78 is 4.16. The molecule has 3 aromatic carbocycles. The second-order valence-corrected chi connectivity index (χ2v) is 11.7. The molecule has 228 valence electrons. The second-order valence-electron chi connectivity index (χ2n) is 11.7. The summed E-state index contributed by atoms with van der Waals surface area (Å²) in [4.78, 5) is 31.2. The Bertz CT molecular complexity index is 1780. The highest BCUT2D eigenvalue weighted by molar-refractivity contribution is 5.98. The fourth-order valence-corrected chi connectivity index (χ4v) is 5.51. The minimum atomic E-state index is -0.127. The summed E-state index contributed by atoms with van der Waals surface area (Å²) in [5.74, 6) is -0.253. The van der Waals surface area contributed by atoms with Gasteiger partial charge in [-0.2, -0.15) is 0 Å². The average Bonchev–Trinajstić information content (AvgIpc) is 3.52. The van der Waals surface area contributed by atoms with Crippen molar-refractivity contribution in [2.45, 2.75) is 13.8 Å². The Hall–Kier alpha value is -4.66. The zero-order valence-corrected chi connectivity index (χ0v) is 26.5. The predicted octanol–water partition coefficient (Wildman–Crippen LogP) is 5.29. The third-order valence-electron chi connectivity index (χ3n) is 7.93. The maximum absolute atomic E-state index is 13.6. The van der Waals surface area contributed by atoms with Gasteiger partial charge in [0.05, 0.1) is 33.9 Å². The summed E-state index contributed by atoms with van der Waals surface area (Å²) in [6.07, 6.45) is 0. The summed E-state index contributed by atoms with van der Waals surface area (Å²) in [6.45, 7) is 6.50. The van der Waals surface area contributed by atoms with Crippen LogP contribution in [-0.4, -0.2) is 85.3 Å². The molecule has 2 amide bonds. The van der Waals surface area contributed by atoms with Crippen molar-refractivity contribution in [3.05, 3.63) is 107 Å². The molecule has 0 bridgehead atoms. The first-order valence-electron chi connectivity index (χ1n) is 15.0. The first kappa shape index (κ1) is 30.8. The number of rotatable bonds is 11. The van der Waals surface area contributed by atoms with Crippen molar-refractivity contribution >= 4 is 22.6 Å². The third-order valence-corrected chi connectivity index (χ3v) is 7.93. The van der Waals surface area contributed by atoms with Gasteiger partial charge >= 0.3 is 0 Å². The Morgan fingerprint density at radius 1 is 0.591 bits per heavy atom. The molecule has 8 heteroatoms. The fraction of sp³-hybridized carbons (Fsp3) is 0.278. The smallest absolute Gasteiger partial charge is 0.253 e. The molecule has 0 saturated heterocycles. The van der Waals surface area contributed by atoms with Gasteiger partial charge in [-0.3, -0.25) is 18.9 Å². The maximum Gasteiger partial charge on any atom is 0.253 e. The van der Waals surface area contributed by atoms with E-state index in [2.05, 4.69) is 50.3 Å². The van der Waals surface area contributed by atoms with Gasteiger partial charge in [0, 0.05) is 37.3 Å². The summed E-state index contributed by atoms with van der Waals surface area (Å²) in [7, 11) is 7.94. The molecule has 5 rings (SSSR count). The first-order valence-corrected chi connectivity index (χ1v) is 15.0. The summed E-state index contributed by atoms with van der Waals surface area (Å²) >= 11 is 0. The number of carbonyl (C=O) groups excluding carboxylic acids is 2. The zero-order valence-electron chi connectivity index (χ0n) is 26.5. The van der Waals surface area contributed by atoms with Crippen LogP contribution in [0.2, 0.25) is 0 Å². The lowest BCUT2D eigenvalue weighted by Gasteiger charge is -2.20. The van der Waals surface area contributed by atoms with Crippen LogP contribution in [0.15, 0.2) is 84.9 Å². The molecule has 0 unspecified atom stereocenters. The van der Waals surface area contributed by atoms with E-state index in [9.17, 15) is 9.59 Å². The quantitative estimate of drug-likeness (QED) is 0.219. The first-order chi connectivity index (χ1) is 21.2. The largest absolute Gasteiger partial charge is 0.351 e. The minimum Gasteiger partial charge on any atom is -0.351 e. The van der Waals surface area contributed by atoms with E-state index >= 15 is 0 Å². The highest BCUT2D eigenvalue weighted by Gasteiger charge is 2.25. The summed E-state index contributed by atoms with van der Waals surface area (Å²) in [5.41, 5.74) is 6.42. The van der Waals surface area contributed by atoms with Gasteiger partial charge in [-0.25, -0.2) is 0 Å². The Balaban J connectivity index is 1.71. The molecule has 8 nitrogen and oxygen atoms in total. The Kier molecular flexibility index (Phi) is 9.32. The minimum absolute atomic E-state index is 0.126. The van der Waals surface area contributed by atoms with Crippen LogP contribution < -0.4 is 10.6 Å². The van der Waals surface area contributed by atoms with Crippen LogP contribution in [0.4, 0.5) is 0 Å². The predicted molar refractivity (Wildman–Crippen MR) is 179 cm³/mol. The summed E-state index contributed by atoms with van der Waals surface area (Å²) in [5, 5.41) is 8.43. The van der Waals surface area contributed by atoms with Gasteiger partial charge < -0.3 is 20.4 Å². The van der Waals surface area contributed by atoms with Gasteiger partial charge in [0.1, 0.15) is 0 Å². The van der Waals surface area contributed by atoms with E-state index in [1.54, 1.807) is 0 Å². The number of fused-ring (bicyclic) bond motifs is 1. The SMILES string of the molecule is Cc1c(C(=O)NCCN(C)C)cc(-c2ccccc2)n1-n1c(-c2ccc3ccccc3c2)cc(C(=O)NCCN(C)C)c1C. The van der Waals surface area contributed by atoms with E-state index in [0.29, 0.717) is 24.2 Å². The number of benzene rings is 3. The molecule has 44 heavy (non-hydrogen) atoms. The van der Waals surface area contributed by atoms with Crippen LogP contribution in [0.1, 0.15) is 32.1 Å². The molecule has 5 aromatic rings. The van der Waals surface area contributed by atoms with E-state index in [1.165, 1.54) is 0 Å². The van der Waals surface area contributed by atoms with Gasteiger partial charge in [-0.15, -0.1) is 0 Å². The van der Waals surface area contributed by atoms with Crippen molar-refractivity contribution in [3.8, 4) is 22.5 Å². The Morgan fingerprint density at radius 2 is 1.07 bits per heavy atom. The van der Waals surface area contributed by atoms with Crippen molar-refractivity contribution < 1.29 is 9.59 Å². The molecule has 0 aliphatic rings.